The van der Waals surface area contributed by atoms with Crippen LogP contribution in [0.15, 0.2) is 54.7 Å². The summed E-state index contributed by atoms with van der Waals surface area (Å²) in [5, 5.41) is 3.19. The van der Waals surface area contributed by atoms with Gasteiger partial charge in [0.1, 0.15) is 0 Å². The summed E-state index contributed by atoms with van der Waals surface area (Å²) < 4.78 is 6.88. The normalized spacial score (nSPS) is 21.7. The van der Waals surface area contributed by atoms with Crippen molar-refractivity contribution in [2.45, 2.75) is 25.8 Å². The predicted molar refractivity (Wildman–Crippen MR) is 124 cm³/mol. The van der Waals surface area contributed by atoms with E-state index in [1.54, 1.807) is 60.0 Å². The van der Waals surface area contributed by atoms with Crippen LogP contribution < -0.4 is 5.32 Å². The molecule has 3 saturated heterocycles. The first-order valence-corrected chi connectivity index (χ1v) is 11.5. The number of carbonyl (C=O) groups is 3. The molecule has 6 rings (SSSR count). The zero-order chi connectivity index (χ0) is 22.9. The molecular formula is C26H27N3O4. The van der Waals surface area contributed by atoms with Crippen LogP contribution in [0.4, 0.5) is 0 Å². The van der Waals surface area contributed by atoms with Crippen molar-refractivity contribution in [2.75, 3.05) is 26.2 Å². The van der Waals surface area contributed by atoms with E-state index >= 15 is 0 Å². The molecule has 0 saturated carbocycles. The van der Waals surface area contributed by atoms with Gasteiger partial charge in [-0.15, -0.1) is 0 Å². The molecule has 0 radical (unpaired) electrons. The summed E-state index contributed by atoms with van der Waals surface area (Å²) >= 11 is 0. The minimum absolute atomic E-state index is 0.141. The van der Waals surface area contributed by atoms with Gasteiger partial charge in [0.15, 0.2) is 0 Å². The van der Waals surface area contributed by atoms with Gasteiger partial charge in [0, 0.05) is 29.9 Å². The Hall–Kier alpha value is -3.45. The van der Waals surface area contributed by atoms with Gasteiger partial charge in [-0.3, -0.25) is 9.59 Å². The summed E-state index contributed by atoms with van der Waals surface area (Å²) in [7, 11) is 0. The zero-order valence-corrected chi connectivity index (χ0v) is 18.6. The molecular weight excluding hydrogens is 418 g/mol. The molecule has 0 spiro atoms. The third-order valence-corrected chi connectivity index (χ3v) is 6.77. The molecule has 0 unspecified atom stereocenters. The number of benzene rings is 1. The van der Waals surface area contributed by atoms with Crippen molar-refractivity contribution in [1.29, 1.82) is 0 Å². The van der Waals surface area contributed by atoms with Crippen LogP contribution in [0.2, 0.25) is 0 Å². The molecule has 170 valence electrons. The topological polar surface area (TPSA) is 80.1 Å². The number of carbonyl (C=O) groups excluding carboxylic acids is 3. The Kier molecular flexibility index (Phi) is 5.72. The van der Waals surface area contributed by atoms with E-state index in [2.05, 4.69) is 10.2 Å². The summed E-state index contributed by atoms with van der Waals surface area (Å²) in [6.45, 7) is 5.05. The second-order valence-corrected chi connectivity index (χ2v) is 8.75. The fourth-order valence-corrected chi connectivity index (χ4v) is 5.00. The molecule has 1 N–H and O–H groups in total. The van der Waals surface area contributed by atoms with Crippen LogP contribution in [0, 0.1) is 5.92 Å². The Bertz CT molecular complexity index is 1210. The van der Waals surface area contributed by atoms with Gasteiger partial charge in [0.05, 0.1) is 23.4 Å². The Balaban J connectivity index is 1.49. The van der Waals surface area contributed by atoms with E-state index in [1.807, 2.05) is 6.07 Å². The number of ketones is 1. The minimum atomic E-state index is -0.517. The van der Waals surface area contributed by atoms with Gasteiger partial charge in [0.25, 0.3) is 5.91 Å². The van der Waals surface area contributed by atoms with Crippen molar-refractivity contribution in [2.24, 2.45) is 5.92 Å². The van der Waals surface area contributed by atoms with E-state index in [9.17, 15) is 14.4 Å². The molecule has 3 aliphatic rings. The van der Waals surface area contributed by atoms with E-state index < -0.39 is 5.97 Å². The number of hydrogen-bond acceptors (Lipinski definition) is 5. The first kappa shape index (κ1) is 21.4. The van der Waals surface area contributed by atoms with Crippen molar-refractivity contribution in [3.63, 3.8) is 0 Å². The summed E-state index contributed by atoms with van der Waals surface area (Å²) in [5.41, 5.74) is 2.09. The van der Waals surface area contributed by atoms with Gasteiger partial charge < -0.3 is 19.4 Å². The van der Waals surface area contributed by atoms with Gasteiger partial charge in [-0.2, -0.15) is 0 Å². The average Bonchev–Trinajstić information content (AvgIpc) is 3.24. The van der Waals surface area contributed by atoms with Crippen molar-refractivity contribution in [3.05, 3.63) is 77.1 Å². The SMILES string of the molecule is CCOC(=O)c1cc(C(=O)c2ccccc2)n2ccc(C(=O)N[C@H]3CN4CCC3CC4)cc12. The van der Waals surface area contributed by atoms with Crippen LogP contribution in [0.1, 0.15) is 56.5 Å². The Morgan fingerprint density at radius 1 is 1.03 bits per heavy atom. The number of nitrogens with zero attached hydrogens (tertiary/aromatic N) is 2. The predicted octanol–water partition coefficient (Wildman–Crippen LogP) is 3.17. The molecule has 1 atom stereocenters. The molecule has 1 aromatic carbocycles. The van der Waals surface area contributed by atoms with Gasteiger partial charge in [0.2, 0.25) is 5.78 Å². The monoisotopic (exact) mass is 445 g/mol. The first-order chi connectivity index (χ1) is 16.0. The molecule has 3 fully saturated rings. The second kappa shape index (κ2) is 8.83. The number of fused-ring (bicyclic) bond motifs is 4. The standard InChI is InChI=1S/C26H27N3O4/c1-2-33-26(32)20-15-23(24(30)18-6-4-3-5-7-18)29-13-10-19(14-22(20)29)25(31)27-21-16-28-11-8-17(21)9-12-28/h3-7,10,13-15,17,21H,2,8-9,11-12,16H2,1H3,(H,27,31)/t21-/m0/s1. The lowest BCUT2D eigenvalue weighted by molar-refractivity contribution is 0.0528. The molecule has 0 aliphatic carbocycles. The fourth-order valence-electron chi connectivity index (χ4n) is 5.00. The molecule has 7 heteroatoms. The number of pyridine rings is 1. The van der Waals surface area contributed by atoms with E-state index in [0.717, 1.165) is 32.5 Å². The maximum atomic E-state index is 13.2. The van der Waals surface area contributed by atoms with Crippen LogP contribution in [-0.2, 0) is 4.74 Å². The number of piperidine rings is 3. The summed E-state index contributed by atoms with van der Waals surface area (Å²) in [6, 6.07) is 14.0. The van der Waals surface area contributed by atoms with Crippen LogP contribution in [0.25, 0.3) is 5.52 Å². The molecule has 3 aromatic rings. The Morgan fingerprint density at radius 3 is 2.45 bits per heavy atom. The van der Waals surface area contributed by atoms with Crippen LogP contribution in [0.5, 0.6) is 0 Å². The van der Waals surface area contributed by atoms with Crippen molar-refractivity contribution in [3.8, 4) is 0 Å². The third-order valence-electron chi connectivity index (χ3n) is 6.77. The number of rotatable bonds is 6. The average molecular weight is 446 g/mol. The second-order valence-electron chi connectivity index (χ2n) is 8.75. The zero-order valence-electron chi connectivity index (χ0n) is 18.6. The molecule has 2 bridgehead atoms. The number of nitrogens with one attached hydrogen (secondary N) is 1. The first-order valence-electron chi connectivity index (χ1n) is 11.5. The molecule has 33 heavy (non-hydrogen) atoms. The van der Waals surface area contributed by atoms with Gasteiger partial charge in [-0.1, -0.05) is 30.3 Å². The molecule has 5 heterocycles. The Labute approximate surface area is 192 Å². The highest BCUT2D eigenvalue weighted by Crippen LogP contribution is 2.28. The third kappa shape index (κ3) is 4.04. The minimum Gasteiger partial charge on any atom is -0.462 e. The summed E-state index contributed by atoms with van der Waals surface area (Å²) in [6.07, 6.45) is 3.90. The van der Waals surface area contributed by atoms with Crippen molar-refractivity contribution < 1.29 is 19.1 Å². The molecule has 2 aromatic heterocycles. The maximum absolute atomic E-state index is 13.2. The largest absolute Gasteiger partial charge is 0.462 e. The smallest absolute Gasteiger partial charge is 0.340 e. The van der Waals surface area contributed by atoms with E-state index in [-0.39, 0.29) is 29.9 Å². The van der Waals surface area contributed by atoms with Crippen molar-refractivity contribution >= 4 is 23.2 Å². The number of hydrogen-bond donors (Lipinski definition) is 1. The number of esters is 1. The highest BCUT2D eigenvalue weighted by Gasteiger charge is 2.35. The lowest BCUT2D eigenvalue weighted by Gasteiger charge is -2.44. The van der Waals surface area contributed by atoms with Gasteiger partial charge in [-0.05, 0) is 57.0 Å². The lowest BCUT2D eigenvalue weighted by Crippen LogP contribution is -2.57. The number of aromatic nitrogens is 1. The molecule has 3 aliphatic heterocycles. The van der Waals surface area contributed by atoms with E-state index in [1.165, 1.54) is 0 Å². The summed E-state index contributed by atoms with van der Waals surface area (Å²) in [4.78, 5) is 41.3. The van der Waals surface area contributed by atoms with E-state index in [4.69, 9.17) is 4.74 Å². The Morgan fingerprint density at radius 2 is 1.79 bits per heavy atom. The van der Waals surface area contributed by atoms with Gasteiger partial charge >= 0.3 is 5.97 Å². The quantitative estimate of drug-likeness (QED) is 0.466. The lowest BCUT2D eigenvalue weighted by atomic mass is 9.84. The summed E-state index contributed by atoms with van der Waals surface area (Å²) in [5.74, 6) is -0.368. The highest BCUT2D eigenvalue weighted by atomic mass is 16.5. The number of ether oxygens (including phenoxy) is 1. The molecule has 7 nitrogen and oxygen atoms in total. The highest BCUT2D eigenvalue weighted by molar-refractivity contribution is 6.11. The fraction of sp³-hybridized carbons (Fsp3) is 0.346. The maximum Gasteiger partial charge on any atom is 0.340 e. The number of amides is 1. The van der Waals surface area contributed by atoms with Crippen LogP contribution >= 0.6 is 0 Å². The van der Waals surface area contributed by atoms with Gasteiger partial charge in [-0.25, -0.2) is 4.79 Å². The molecule has 1 amide bonds. The van der Waals surface area contributed by atoms with Crippen molar-refractivity contribution in [1.82, 2.24) is 14.6 Å². The van der Waals surface area contributed by atoms with E-state index in [0.29, 0.717) is 28.3 Å². The van der Waals surface area contributed by atoms with Crippen LogP contribution in [-0.4, -0.2) is 59.2 Å². The van der Waals surface area contributed by atoms with Crippen LogP contribution in [0.3, 0.4) is 0 Å².